The molecule has 2 saturated heterocycles. The minimum atomic E-state index is -4.34. The molecule has 0 amide bonds. The van der Waals surface area contributed by atoms with Crippen LogP contribution in [0.15, 0.2) is 24.3 Å². The molecule has 2 aliphatic rings. The number of alkyl halides is 3. The molecule has 23 heavy (non-hydrogen) atoms. The van der Waals surface area contributed by atoms with Crippen LogP contribution in [0.3, 0.4) is 0 Å². The Morgan fingerprint density at radius 2 is 1.91 bits per heavy atom. The first kappa shape index (κ1) is 16.6. The van der Waals surface area contributed by atoms with Crippen LogP contribution in [0.5, 0.6) is 5.75 Å². The maximum absolute atomic E-state index is 12.9. The smallest absolute Gasteiger partial charge is 0.416 e. The van der Waals surface area contributed by atoms with Crippen LogP contribution in [0.2, 0.25) is 0 Å². The van der Waals surface area contributed by atoms with Crippen molar-refractivity contribution in [2.75, 3.05) is 26.3 Å². The van der Waals surface area contributed by atoms with Crippen molar-refractivity contribution in [2.24, 2.45) is 11.8 Å². The molecule has 1 N–H and O–H groups in total. The van der Waals surface area contributed by atoms with Gasteiger partial charge >= 0.3 is 6.18 Å². The van der Waals surface area contributed by atoms with Gasteiger partial charge in [-0.1, -0.05) is 6.07 Å². The van der Waals surface area contributed by atoms with E-state index in [2.05, 4.69) is 5.32 Å². The lowest BCUT2D eigenvalue weighted by Crippen LogP contribution is -2.39. The van der Waals surface area contributed by atoms with Gasteiger partial charge < -0.3 is 14.8 Å². The van der Waals surface area contributed by atoms with Crippen molar-refractivity contribution in [2.45, 2.75) is 31.5 Å². The number of nitrogens with one attached hydrogen (secondary N) is 1. The Kier molecular flexibility index (Phi) is 5.11. The van der Waals surface area contributed by atoms with E-state index in [1.807, 2.05) is 0 Å². The summed E-state index contributed by atoms with van der Waals surface area (Å²) in [7, 11) is 0. The van der Waals surface area contributed by atoms with Gasteiger partial charge in [0, 0.05) is 31.6 Å². The number of halogens is 3. The number of hydrogen-bond donors (Lipinski definition) is 1. The maximum Gasteiger partial charge on any atom is 0.416 e. The lowest BCUT2D eigenvalue weighted by molar-refractivity contribution is -0.137. The van der Waals surface area contributed by atoms with Crippen LogP contribution in [-0.2, 0) is 10.9 Å². The highest BCUT2D eigenvalue weighted by molar-refractivity contribution is 5.30. The summed E-state index contributed by atoms with van der Waals surface area (Å²) in [5, 5.41) is 3.32. The third kappa shape index (κ3) is 4.18. The Morgan fingerprint density at radius 1 is 1.13 bits per heavy atom. The fourth-order valence-electron chi connectivity index (χ4n) is 3.48. The molecule has 1 unspecified atom stereocenters. The molecule has 0 aromatic heterocycles. The van der Waals surface area contributed by atoms with Crippen molar-refractivity contribution in [1.82, 2.24) is 5.32 Å². The molecule has 1 aromatic carbocycles. The predicted molar refractivity (Wildman–Crippen MR) is 80.4 cm³/mol. The molecule has 0 saturated carbocycles. The van der Waals surface area contributed by atoms with Gasteiger partial charge in [-0.15, -0.1) is 0 Å². The standard InChI is InChI=1S/C17H22F3NO2/c18-17(19,20)14-2-1-3-15(10-14)23-16(13-4-7-21-11-13)12-5-8-22-9-6-12/h1-3,10,12-13,16,21H,4-9,11H2/t13-,16?/m1/s1. The van der Waals surface area contributed by atoms with Crippen LogP contribution in [0.4, 0.5) is 13.2 Å². The van der Waals surface area contributed by atoms with Gasteiger partial charge in [0.2, 0.25) is 0 Å². The minimum Gasteiger partial charge on any atom is -0.490 e. The van der Waals surface area contributed by atoms with Crippen molar-refractivity contribution < 1.29 is 22.6 Å². The summed E-state index contributed by atoms with van der Waals surface area (Å²) in [4.78, 5) is 0. The van der Waals surface area contributed by atoms with Gasteiger partial charge in [0.15, 0.2) is 0 Å². The van der Waals surface area contributed by atoms with Crippen molar-refractivity contribution in [3.8, 4) is 5.75 Å². The van der Waals surface area contributed by atoms with Crippen LogP contribution >= 0.6 is 0 Å². The van der Waals surface area contributed by atoms with Gasteiger partial charge in [-0.3, -0.25) is 0 Å². The van der Waals surface area contributed by atoms with Gasteiger partial charge in [-0.05, 0) is 44.0 Å². The molecule has 0 aliphatic carbocycles. The molecule has 2 fully saturated rings. The van der Waals surface area contributed by atoms with Crippen molar-refractivity contribution in [1.29, 1.82) is 0 Å². The van der Waals surface area contributed by atoms with Gasteiger partial charge in [-0.2, -0.15) is 13.2 Å². The fraction of sp³-hybridized carbons (Fsp3) is 0.647. The quantitative estimate of drug-likeness (QED) is 0.917. The van der Waals surface area contributed by atoms with E-state index in [0.29, 0.717) is 30.8 Å². The maximum atomic E-state index is 12.9. The molecular weight excluding hydrogens is 307 g/mol. The lowest BCUT2D eigenvalue weighted by atomic mass is 9.85. The first-order valence-electron chi connectivity index (χ1n) is 8.16. The molecule has 0 radical (unpaired) electrons. The van der Waals surface area contributed by atoms with E-state index in [0.717, 1.165) is 44.5 Å². The molecule has 1 aromatic rings. The highest BCUT2D eigenvalue weighted by Gasteiger charge is 2.35. The second-order valence-corrected chi connectivity index (χ2v) is 6.31. The van der Waals surface area contributed by atoms with E-state index in [4.69, 9.17) is 9.47 Å². The van der Waals surface area contributed by atoms with E-state index in [9.17, 15) is 13.2 Å². The summed E-state index contributed by atoms with van der Waals surface area (Å²) in [5.41, 5.74) is -0.662. The average molecular weight is 329 g/mol. The van der Waals surface area contributed by atoms with E-state index in [1.165, 1.54) is 6.07 Å². The zero-order valence-electron chi connectivity index (χ0n) is 12.9. The molecule has 2 heterocycles. The van der Waals surface area contributed by atoms with Gasteiger partial charge in [-0.25, -0.2) is 0 Å². The fourth-order valence-corrected chi connectivity index (χ4v) is 3.48. The molecule has 128 valence electrons. The average Bonchev–Trinajstić information content (AvgIpc) is 3.07. The summed E-state index contributed by atoms with van der Waals surface area (Å²) >= 11 is 0. The summed E-state index contributed by atoms with van der Waals surface area (Å²) in [6.45, 7) is 3.21. The Bertz CT molecular complexity index is 509. The molecule has 2 aliphatic heterocycles. The Hall–Kier alpha value is -1.27. The third-order valence-electron chi connectivity index (χ3n) is 4.73. The van der Waals surface area contributed by atoms with Crippen LogP contribution in [0.1, 0.15) is 24.8 Å². The SMILES string of the molecule is FC(F)(F)c1cccc(OC(C2CCOCC2)[C@@H]2CCNC2)c1. The number of benzene rings is 1. The van der Waals surface area contributed by atoms with Crippen molar-refractivity contribution >= 4 is 0 Å². The minimum absolute atomic E-state index is 0.0580. The summed E-state index contributed by atoms with van der Waals surface area (Å²) < 4.78 is 50.1. The molecule has 3 rings (SSSR count). The van der Waals surface area contributed by atoms with Gasteiger partial charge in [0.05, 0.1) is 5.56 Å². The second-order valence-electron chi connectivity index (χ2n) is 6.31. The van der Waals surface area contributed by atoms with Crippen LogP contribution in [0, 0.1) is 11.8 Å². The Labute approximate surface area is 134 Å². The van der Waals surface area contributed by atoms with E-state index in [1.54, 1.807) is 6.07 Å². The third-order valence-corrected chi connectivity index (χ3v) is 4.73. The monoisotopic (exact) mass is 329 g/mol. The van der Waals surface area contributed by atoms with Crippen molar-refractivity contribution in [3.05, 3.63) is 29.8 Å². The summed E-state index contributed by atoms with van der Waals surface area (Å²) in [6.07, 6.45) is -1.60. The topological polar surface area (TPSA) is 30.5 Å². The van der Waals surface area contributed by atoms with Gasteiger partial charge in [0.1, 0.15) is 11.9 Å². The Balaban J connectivity index is 1.77. The predicted octanol–water partition coefficient (Wildman–Crippen LogP) is 3.49. The van der Waals surface area contributed by atoms with E-state index in [-0.39, 0.29) is 6.10 Å². The molecule has 0 spiro atoms. The summed E-state index contributed by atoms with van der Waals surface area (Å²) in [5.74, 6) is 0.985. The van der Waals surface area contributed by atoms with E-state index >= 15 is 0 Å². The second kappa shape index (κ2) is 7.09. The van der Waals surface area contributed by atoms with Crippen LogP contribution in [-0.4, -0.2) is 32.4 Å². The molecule has 0 bridgehead atoms. The number of hydrogen-bond acceptors (Lipinski definition) is 3. The highest BCUT2D eigenvalue weighted by atomic mass is 19.4. The zero-order chi connectivity index (χ0) is 16.3. The first-order valence-corrected chi connectivity index (χ1v) is 8.16. The Morgan fingerprint density at radius 3 is 2.57 bits per heavy atom. The number of ether oxygens (including phenoxy) is 2. The molecular formula is C17H22F3NO2. The zero-order valence-corrected chi connectivity index (χ0v) is 12.9. The van der Waals surface area contributed by atoms with Crippen LogP contribution < -0.4 is 10.1 Å². The van der Waals surface area contributed by atoms with Gasteiger partial charge in [0.25, 0.3) is 0 Å². The van der Waals surface area contributed by atoms with Crippen LogP contribution in [0.25, 0.3) is 0 Å². The highest BCUT2D eigenvalue weighted by Crippen LogP contribution is 2.34. The molecule has 3 nitrogen and oxygen atoms in total. The number of rotatable bonds is 4. The van der Waals surface area contributed by atoms with Crippen molar-refractivity contribution in [3.63, 3.8) is 0 Å². The first-order chi connectivity index (χ1) is 11.0. The lowest BCUT2D eigenvalue weighted by Gasteiger charge is -2.34. The molecule has 6 heteroatoms. The largest absolute Gasteiger partial charge is 0.490 e. The molecule has 2 atom stereocenters. The van der Waals surface area contributed by atoms with E-state index < -0.39 is 11.7 Å². The normalized spacial score (nSPS) is 24.6. The summed E-state index contributed by atoms with van der Waals surface area (Å²) in [6, 6.07) is 5.21.